The molecule has 0 radical (unpaired) electrons. The largest absolute Gasteiger partial charge is 0.460 e. The predicted molar refractivity (Wildman–Crippen MR) is 160 cm³/mol. The van der Waals surface area contributed by atoms with Gasteiger partial charge in [0.25, 0.3) is 11.5 Å². The summed E-state index contributed by atoms with van der Waals surface area (Å²) in [5.74, 6) is -0.436. The second kappa shape index (κ2) is 10.6. The van der Waals surface area contributed by atoms with Gasteiger partial charge in [-0.3, -0.25) is 14.2 Å². The molecule has 0 bridgehead atoms. The van der Waals surface area contributed by atoms with Gasteiger partial charge in [-0.15, -0.1) is 0 Å². The Labute approximate surface area is 261 Å². The lowest BCUT2D eigenvalue weighted by molar-refractivity contribution is -0.138. The van der Waals surface area contributed by atoms with Crippen LogP contribution in [0.1, 0.15) is 52.5 Å². The van der Waals surface area contributed by atoms with Crippen molar-refractivity contribution in [1.82, 2.24) is 28.8 Å². The highest BCUT2D eigenvalue weighted by molar-refractivity contribution is 9.10. The van der Waals surface area contributed by atoms with E-state index in [0.29, 0.717) is 39.9 Å². The van der Waals surface area contributed by atoms with E-state index in [0.717, 1.165) is 30.9 Å². The molecule has 10 nitrogen and oxygen atoms in total. The summed E-state index contributed by atoms with van der Waals surface area (Å²) in [6.07, 6.45) is 0.213. The molecule has 5 aromatic rings. The topological polar surface area (TPSA) is 108 Å². The van der Waals surface area contributed by atoms with E-state index in [9.17, 15) is 27.6 Å². The molecule has 7 rings (SSSR count). The van der Waals surface area contributed by atoms with Crippen LogP contribution in [0.2, 0.25) is 0 Å². The first-order valence-corrected chi connectivity index (χ1v) is 15.2. The van der Waals surface area contributed by atoms with Crippen molar-refractivity contribution in [2.75, 3.05) is 0 Å². The molecule has 2 aromatic carbocycles. The molecule has 14 heteroatoms. The van der Waals surface area contributed by atoms with E-state index >= 15 is 0 Å². The van der Waals surface area contributed by atoms with Gasteiger partial charge in [-0.05, 0) is 81.0 Å². The maximum absolute atomic E-state index is 14.3. The summed E-state index contributed by atoms with van der Waals surface area (Å²) in [6, 6.07) is 10.0. The SMILES string of the molecule is C[C@H]1Cc2c(n3ncc(CC4CC4)c3n(-c3ccc(-c4nc(=O)on4C)cc3)c2=O)CN1C(=O)c1ccc(Br)c(C(F)(F)F)c1. The molecule has 1 fully saturated rings. The maximum Gasteiger partial charge on any atom is 0.460 e. The monoisotopic (exact) mass is 682 g/mol. The summed E-state index contributed by atoms with van der Waals surface area (Å²) in [4.78, 5) is 44.9. The number of aryl methyl sites for hydroxylation is 1. The molecular weight excluding hydrogens is 657 g/mol. The van der Waals surface area contributed by atoms with Gasteiger partial charge >= 0.3 is 11.9 Å². The minimum Gasteiger partial charge on any atom is -0.330 e. The van der Waals surface area contributed by atoms with E-state index in [1.54, 1.807) is 53.5 Å². The Morgan fingerprint density at radius 3 is 2.49 bits per heavy atom. The zero-order valence-corrected chi connectivity index (χ0v) is 25.7. The molecule has 1 saturated carbocycles. The third-order valence-corrected chi connectivity index (χ3v) is 9.22. The van der Waals surface area contributed by atoms with Crippen LogP contribution in [0.15, 0.2) is 67.2 Å². The van der Waals surface area contributed by atoms with Crippen LogP contribution in [0.3, 0.4) is 0 Å². The molecule has 1 aliphatic carbocycles. The molecule has 1 amide bonds. The van der Waals surface area contributed by atoms with Gasteiger partial charge in [0.15, 0.2) is 5.82 Å². The lowest BCUT2D eigenvalue weighted by Crippen LogP contribution is -2.46. The van der Waals surface area contributed by atoms with Crippen LogP contribution in [-0.4, -0.2) is 40.8 Å². The van der Waals surface area contributed by atoms with Crippen LogP contribution in [0.25, 0.3) is 22.7 Å². The number of nitrogens with zero attached hydrogens (tertiary/aromatic N) is 6. The first-order chi connectivity index (χ1) is 21.4. The van der Waals surface area contributed by atoms with E-state index in [1.807, 2.05) is 0 Å². The fourth-order valence-electron chi connectivity index (χ4n) is 6.06. The van der Waals surface area contributed by atoms with Crippen LogP contribution in [-0.2, 0) is 32.6 Å². The first kappa shape index (κ1) is 29.3. The zero-order valence-electron chi connectivity index (χ0n) is 24.1. The van der Waals surface area contributed by atoms with Gasteiger partial charge in [0.05, 0.1) is 29.7 Å². The molecule has 0 spiro atoms. The van der Waals surface area contributed by atoms with Crippen molar-refractivity contribution >= 4 is 27.5 Å². The average Bonchev–Trinajstić information content (AvgIpc) is 3.62. The summed E-state index contributed by atoms with van der Waals surface area (Å²) in [5, 5.41) is 4.67. The van der Waals surface area contributed by atoms with E-state index in [-0.39, 0.29) is 28.6 Å². The molecule has 4 heterocycles. The average molecular weight is 683 g/mol. The van der Waals surface area contributed by atoms with E-state index < -0.39 is 29.4 Å². The lowest BCUT2D eigenvalue weighted by Gasteiger charge is -2.35. The van der Waals surface area contributed by atoms with Gasteiger partial charge < -0.3 is 9.42 Å². The molecule has 0 N–H and O–H groups in total. The van der Waals surface area contributed by atoms with Gasteiger partial charge in [-0.1, -0.05) is 15.9 Å². The number of carbonyl (C=O) groups excluding carboxylic acids is 1. The Hall–Kier alpha value is -4.46. The smallest absolute Gasteiger partial charge is 0.330 e. The molecular formula is C31H26BrF3N6O4. The third-order valence-electron chi connectivity index (χ3n) is 8.52. The molecule has 232 valence electrons. The molecule has 1 aliphatic heterocycles. The van der Waals surface area contributed by atoms with Crippen LogP contribution < -0.4 is 11.3 Å². The first-order valence-electron chi connectivity index (χ1n) is 14.4. The number of carbonyl (C=O) groups is 1. The van der Waals surface area contributed by atoms with Crippen molar-refractivity contribution in [3.05, 3.63) is 102 Å². The van der Waals surface area contributed by atoms with E-state index in [4.69, 9.17) is 4.52 Å². The Morgan fingerprint density at radius 2 is 1.84 bits per heavy atom. The summed E-state index contributed by atoms with van der Waals surface area (Å²) in [5.41, 5.74) is 2.42. The quantitative estimate of drug-likeness (QED) is 0.254. The van der Waals surface area contributed by atoms with Gasteiger partial charge in [-0.25, -0.2) is 9.31 Å². The predicted octanol–water partition coefficient (Wildman–Crippen LogP) is 5.16. The van der Waals surface area contributed by atoms with Crippen molar-refractivity contribution in [2.24, 2.45) is 13.0 Å². The minimum atomic E-state index is -4.64. The number of amides is 1. The number of benzene rings is 2. The van der Waals surface area contributed by atoms with Gasteiger partial charge in [0.2, 0.25) is 0 Å². The van der Waals surface area contributed by atoms with E-state index in [2.05, 4.69) is 26.0 Å². The highest BCUT2D eigenvalue weighted by Gasteiger charge is 2.37. The third kappa shape index (κ3) is 5.10. The Morgan fingerprint density at radius 1 is 1.11 bits per heavy atom. The molecule has 2 aliphatic rings. The number of aromatic nitrogens is 5. The Bertz CT molecular complexity index is 2110. The fourth-order valence-corrected chi connectivity index (χ4v) is 6.53. The Kier molecular flexibility index (Phi) is 6.87. The molecule has 45 heavy (non-hydrogen) atoms. The normalized spacial score (nSPS) is 16.8. The molecule has 0 unspecified atom stereocenters. The maximum atomic E-state index is 14.3. The lowest BCUT2D eigenvalue weighted by atomic mass is 9.97. The van der Waals surface area contributed by atoms with Crippen LogP contribution in [0.5, 0.6) is 0 Å². The fraction of sp³-hybridized carbons (Fsp3) is 0.323. The number of alkyl halides is 3. The summed E-state index contributed by atoms with van der Waals surface area (Å²) in [7, 11) is 1.58. The summed E-state index contributed by atoms with van der Waals surface area (Å²) in [6.45, 7) is 1.78. The summed E-state index contributed by atoms with van der Waals surface area (Å²) < 4.78 is 50.2. The highest BCUT2D eigenvalue weighted by Crippen LogP contribution is 2.37. The van der Waals surface area contributed by atoms with Crippen molar-refractivity contribution in [2.45, 2.75) is 51.4 Å². The minimum absolute atomic E-state index is 0.00298. The second-order valence-electron chi connectivity index (χ2n) is 11.6. The van der Waals surface area contributed by atoms with Crippen molar-refractivity contribution in [1.29, 1.82) is 0 Å². The number of fused-ring (bicyclic) bond motifs is 3. The standard InChI is InChI=1S/C31H26BrF3N6O4/c1-16-11-22-25(15-39(16)28(42)19-7-10-24(32)23(13-19)31(33,34)35)41-27(20(14-36-41)12-17-3-4-17)40(29(22)43)21-8-5-18(6-9-21)26-37-30(44)45-38(26)2/h5-10,13-14,16-17H,3-4,11-12,15H2,1-2H3/t16-/m0/s1. The number of rotatable bonds is 5. The number of hydrogen-bond acceptors (Lipinski definition) is 6. The number of hydrogen-bond donors (Lipinski definition) is 0. The van der Waals surface area contributed by atoms with Crippen molar-refractivity contribution in [3.8, 4) is 17.1 Å². The second-order valence-corrected chi connectivity index (χ2v) is 12.5. The summed E-state index contributed by atoms with van der Waals surface area (Å²) >= 11 is 2.93. The molecule has 3 aromatic heterocycles. The van der Waals surface area contributed by atoms with Crippen LogP contribution in [0.4, 0.5) is 13.2 Å². The van der Waals surface area contributed by atoms with Crippen molar-refractivity contribution in [3.63, 3.8) is 0 Å². The van der Waals surface area contributed by atoms with Gasteiger partial charge in [0.1, 0.15) is 5.65 Å². The zero-order chi connectivity index (χ0) is 31.8. The van der Waals surface area contributed by atoms with Gasteiger partial charge in [-0.2, -0.15) is 28.0 Å². The van der Waals surface area contributed by atoms with Crippen LogP contribution >= 0.6 is 15.9 Å². The molecule has 1 atom stereocenters. The van der Waals surface area contributed by atoms with Crippen LogP contribution in [0, 0.1) is 5.92 Å². The Balaban J connectivity index is 1.33. The highest BCUT2D eigenvalue weighted by atomic mass is 79.9. The van der Waals surface area contributed by atoms with Gasteiger partial charge in [0, 0.05) is 39.8 Å². The number of halogens is 4. The molecule has 0 saturated heterocycles. The van der Waals surface area contributed by atoms with Crippen molar-refractivity contribution < 1.29 is 22.5 Å². The van der Waals surface area contributed by atoms with E-state index in [1.165, 1.54) is 21.8 Å².